The second-order valence-electron chi connectivity index (χ2n) is 5.39. The summed E-state index contributed by atoms with van der Waals surface area (Å²) >= 11 is 1.34. The summed E-state index contributed by atoms with van der Waals surface area (Å²) in [7, 11) is 0. The number of rotatable bonds is 4. The molecule has 0 atom stereocenters. The first kappa shape index (κ1) is 15.3. The zero-order valence-electron chi connectivity index (χ0n) is 12.9. The van der Waals surface area contributed by atoms with Crippen LogP contribution in [0.15, 0.2) is 53.3 Å². The van der Waals surface area contributed by atoms with Crippen molar-refractivity contribution in [1.29, 1.82) is 0 Å². The minimum atomic E-state index is -1.03. The van der Waals surface area contributed by atoms with E-state index in [2.05, 4.69) is 4.98 Å². The highest BCUT2D eigenvalue weighted by Gasteiger charge is 2.10. The van der Waals surface area contributed by atoms with E-state index in [1.807, 2.05) is 24.3 Å². The molecule has 25 heavy (non-hydrogen) atoms. The number of carboxylic acid groups (broad SMARTS) is 1. The van der Waals surface area contributed by atoms with E-state index in [0.29, 0.717) is 15.2 Å². The Balaban J connectivity index is 1.73. The number of thiazole rings is 1. The Bertz CT molecular complexity index is 1190. The van der Waals surface area contributed by atoms with E-state index >= 15 is 0 Å². The number of hydrogen-bond acceptors (Lipinski definition) is 5. The molecule has 0 amide bonds. The summed E-state index contributed by atoms with van der Waals surface area (Å²) < 4.78 is 7.30. The maximum Gasteiger partial charge on any atom is 0.341 e. The molecular formula is C18H12N2O4S. The van der Waals surface area contributed by atoms with Gasteiger partial charge in [-0.15, -0.1) is 0 Å². The van der Waals surface area contributed by atoms with E-state index in [1.54, 1.807) is 34.7 Å². The van der Waals surface area contributed by atoms with Gasteiger partial charge in [-0.1, -0.05) is 35.6 Å². The fourth-order valence-electron chi connectivity index (χ4n) is 2.57. The predicted molar refractivity (Wildman–Crippen MR) is 95.2 cm³/mol. The molecule has 6 nitrogen and oxygen atoms in total. The number of aliphatic carboxylic acids is 1. The molecule has 0 aliphatic rings. The molecule has 0 fully saturated rings. The number of ether oxygens (including phenoxy) is 1. The second-order valence-corrected chi connectivity index (χ2v) is 6.39. The lowest BCUT2D eigenvalue weighted by Gasteiger charge is -2.02. The third-order valence-corrected chi connectivity index (χ3v) is 4.65. The fraction of sp³-hybridized carbons (Fsp3) is 0.0556. The maximum atomic E-state index is 12.7. The van der Waals surface area contributed by atoms with Gasteiger partial charge in [0.25, 0.3) is 5.56 Å². The van der Waals surface area contributed by atoms with E-state index in [1.165, 1.54) is 11.3 Å². The van der Waals surface area contributed by atoms with Crippen molar-refractivity contribution in [3.8, 4) is 5.75 Å². The van der Waals surface area contributed by atoms with Crippen molar-refractivity contribution < 1.29 is 14.6 Å². The molecule has 0 spiro atoms. The van der Waals surface area contributed by atoms with E-state index < -0.39 is 5.97 Å². The Morgan fingerprint density at radius 1 is 1.20 bits per heavy atom. The Hall–Kier alpha value is -3.19. The van der Waals surface area contributed by atoms with Gasteiger partial charge in [-0.3, -0.25) is 4.79 Å². The molecule has 0 unspecified atom stereocenters. The van der Waals surface area contributed by atoms with Gasteiger partial charge in [-0.25, -0.2) is 14.2 Å². The van der Waals surface area contributed by atoms with Gasteiger partial charge in [-0.05, 0) is 35.9 Å². The van der Waals surface area contributed by atoms with Crippen LogP contribution in [0.5, 0.6) is 5.75 Å². The molecule has 2 heterocycles. The average Bonchev–Trinajstić information content (AvgIpc) is 3.11. The number of para-hydroxylation sites is 2. The molecular weight excluding hydrogens is 340 g/mol. The van der Waals surface area contributed by atoms with Crippen molar-refractivity contribution in [3.63, 3.8) is 0 Å². The molecule has 0 aliphatic carbocycles. The highest BCUT2D eigenvalue weighted by molar-refractivity contribution is 7.15. The molecule has 0 saturated carbocycles. The van der Waals surface area contributed by atoms with Crippen LogP contribution in [0.4, 0.5) is 0 Å². The number of nitrogens with zero attached hydrogens (tertiary/aromatic N) is 2. The van der Waals surface area contributed by atoms with Gasteiger partial charge in [0, 0.05) is 0 Å². The number of fused-ring (bicyclic) bond motifs is 3. The topological polar surface area (TPSA) is 80.9 Å². The number of hydrogen-bond donors (Lipinski definition) is 1. The molecule has 2 aromatic carbocycles. The fourth-order valence-corrected chi connectivity index (χ4v) is 3.56. The first-order chi connectivity index (χ1) is 12.1. The van der Waals surface area contributed by atoms with Crippen LogP contribution < -0.4 is 14.8 Å². The van der Waals surface area contributed by atoms with Crippen LogP contribution >= 0.6 is 11.3 Å². The minimum absolute atomic E-state index is 0.0973. The smallest absolute Gasteiger partial charge is 0.341 e. The molecule has 124 valence electrons. The molecule has 2 aromatic heterocycles. The third-order valence-electron chi connectivity index (χ3n) is 3.69. The van der Waals surface area contributed by atoms with Crippen molar-refractivity contribution >= 4 is 39.4 Å². The Labute approximate surface area is 145 Å². The van der Waals surface area contributed by atoms with Crippen molar-refractivity contribution in [3.05, 3.63) is 69.0 Å². The van der Waals surface area contributed by atoms with Crippen LogP contribution in [0, 0.1) is 0 Å². The van der Waals surface area contributed by atoms with Crippen molar-refractivity contribution in [2.24, 2.45) is 0 Å². The van der Waals surface area contributed by atoms with E-state index in [4.69, 9.17) is 9.84 Å². The molecule has 0 aliphatic heterocycles. The van der Waals surface area contributed by atoms with Crippen LogP contribution in [-0.2, 0) is 4.79 Å². The normalized spacial score (nSPS) is 12.1. The number of carboxylic acids is 1. The molecule has 1 N–H and O–H groups in total. The lowest BCUT2D eigenvalue weighted by molar-refractivity contribution is -0.139. The van der Waals surface area contributed by atoms with Crippen LogP contribution in [-0.4, -0.2) is 27.1 Å². The zero-order chi connectivity index (χ0) is 17.4. The Kier molecular flexibility index (Phi) is 3.70. The van der Waals surface area contributed by atoms with Crippen molar-refractivity contribution in [2.45, 2.75) is 0 Å². The lowest BCUT2D eigenvalue weighted by Crippen LogP contribution is -2.22. The SMILES string of the molecule is O=C(O)COc1ccc(/C=c2\sc3nc4ccccc4n3c2=O)cc1. The van der Waals surface area contributed by atoms with Gasteiger partial charge in [-0.2, -0.15) is 0 Å². The summed E-state index contributed by atoms with van der Waals surface area (Å²) in [4.78, 5) is 28.3. The third kappa shape index (κ3) is 2.85. The monoisotopic (exact) mass is 352 g/mol. The summed E-state index contributed by atoms with van der Waals surface area (Å²) in [6, 6.07) is 14.4. The molecule has 4 aromatic rings. The van der Waals surface area contributed by atoms with Crippen LogP contribution in [0.25, 0.3) is 22.1 Å². The average molecular weight is 352 g/mol. The lowest BCUT2D eigenvalue weighted by atomic mass is 10.2. The molecule has 4 rings (SSSR count). The Morgan fingerprint density at radius 2 is 1.96 bits per heavy atom. The van der Waals surface area contributed by atoms with Gasteiger partial charge in [0.05, 0.1) is 15.6 Å². The molecule has 7 heteroatoms. The van der Waals surface area contributed by atoms with Gasteiger partial charge < -0.3 is 9.84 Å². The van der Waals surface area contributed by atoms with Crippen LogP contribution in [0.3, 0.4) is 0 Å². The second kappa shape index (κ2) is 6.03. The van der Waals surface area contributed by atoms with Gasteiger partial charge >= 0.3 is 5.97 Å². The summed E-state index contributed by atoms with van der Waals surface area (Å²) in [5, 5.41) is 8.61. The Morgan fingerprint density at radius 3 is 2.72 bits per heavy atom. The number of imidazole rings is 1. The number of aromatic nitrogens is 2. The van der Waals surface area contributed by atoms with Gasteiger partial charge in [0.1, 0.15) is 5.75 Å². The number of benzene rings is 2. The quantitative estimate of drug-likeness (QED) is 0.607. The van der Waals surface area contributed by atoms with E-state index in [0.717, 1.165) is 16.6 Å². The highest BCUT2D eigenvalue weighted by atomic mass is 32.1. The summed E-state index contributed by atoms with van der Waals surface area (Å²) in [6.07, 6.45) is 1.79. The predicted octanol–water partition coefficient (Wildman–Crippen LogP) is 1.92. The van der Waals surface area contributed by atoms with Crippen LogP contribution in [0.1, 0.15) is 5.56 Å². The van der Waals surface area contributed by atoms with Crippen LogP contribution in [0.2, 0.25) is 0 Å². The first-order valence-corrected chi connectivity index (χ1v) is 8.30. The van der Waals surface area contributed by atoms with E-state index in [-0.39, 0.29) is 12.2 Å². The van der Waals surface area contributed by atoms with E-state index in [9.17, 15) is 9.59 Å². The zero-order valence-corrected chi connectivity index (χ0v) is 13.7. The van der Waals surface area contributed by atoms with Gasteiger partial charge in [0.15, 0.2) is 11.6 Å². The maximum absolute atomic E-state index is 12.7. The molecule has 0 bridgehead atoms. The summed E-state index contributed by atoms with van der Waals surface area (Å²) in [6.45, 7) is -0.386. The first-order valence-electron chi connectivity index (χ1n) is 7.48. The summed E-state index contributed by atoms with van der Waals surface area (Å²) in [5.74, 6) is -0.560. The molecule has 0 radical (unpaired) electrons. The minimum Gasteiger partial charge on any atom is -0.482 e. The highest BCUT2D eigenvalue weighted by Crippen LogP contribution is 2.16. The van der Waals surface area contributed by atoms with Gasteiger partial charge in [0.2, 0.25) is 0 Å². The largest absolute Gasteiger partial charge is 0.482 e. The summed E-state index contributed by atoms with van der Waals surface area (Å²) in [5.41, 5.74) is 2.33. The van der Waals surface area contributed by atoms with Crippen molar-refractivity contribution in [1.82, 2.24) is 9.38 Å². The number of carbonyl (C=O) groups is 1. The van der Waals surface area contributed by atoms with Crippen molar-refractivity contribution in [2.75, 3.05) is 6.61 Å². The standard InChI is InChI=1S/C18H12N2O4S/c21-16(22)10-24-12-7-5-11(6-8-12)9-15-17(23)20-14-4-2-1-3-13(14)19-18(20)25-15/h1-9H,10H2,(H,21,22)/b15-9-. The molecule has 0 saturated heterocycles.